The first kappa shape index (κ1) is 11.2. The summed E-state index contributed by atoms with van der Waals surface area (Å²) in [6.07, 6.45) is 2.59. The van der Waals surface area contributed by atoms with E-state index in [4.69, 9.17) is 14.2 Å². The quantitative estimate of drug-likeness (QED) is 0.755. The highest BCUT2D eigenvalue weighted by Gasteiger charge is 2.52. The van der Waals surface area contributed by atoms with Crippen molar-refractivity contribution in [1.82, 2.24) is 0 Å². The maximum absolute atomic E-state index is 5.95. The molecule has 2 atom stereocenters. The average molecular weight is 236 g/mol. The predicted molar refractivity (Wildman–Crippen MR) is 63.5 cm³/mol. The van der Waals surface area contributed by atoms with E-state index in [9.17, 15) is 0 Å². The molecule has 1 aromatic rings. The Hall–Kier alpha value is -0.900. The number of ether oxygens (including phenoxy) is 3. The van der Waals surface area contributed by atoms with Crippen LogP contribution in [0.15, 0.2) is 30.3 Å². The van der Waals surface area contributed by atoms with Crippen molar-refractivity contribution >= 4 is 0 Å². The van der Waals surface area contributed by atoms with Crippen LogP contribution in [-0.2, 0) is 20.6 Å². The third-order valence-electron chi connectivity index (χ3n) is 3.51. The molecule has 17 heavy (non-hydrogen) atoms. The van der Waals surface area contributed by atoms with Gasteiger partial charge in [-0.15, -0.1) is 0 Å². The minimum absolute atomic E-state index is 0.144. The van der Waals surface area contributed by atoms with Gasteiger partial charge in [-0.2, -0.15) is 0 Å². The largest absolute Gasteiger partial charge is 0.327 e. The molecular formula is C14H18O3. The van der Waals surface area contributed by atoms with Gasteiger partial charge in [-0.1, -0.05) is 30.3 Å². The fourth-order valence-electron chi connectivity index (χ4n) is 2.45. The molecule has 1 aromatic carbocycles. The number of benzene rings is 1. The van der Waals surface area contributed by atoms with Crippen LogP contribution in [-0.4, -0.2) is 24.8 Å². The van der Waals surface area contributed by atoms with E-state index in [2.05, 4.69) is 31.2 Å². The van der Waals surface area contributed by atoms with E-state index in [1.807, 2.05) is 6.07 Å². The van der Waals surface area contributed by atoms with Crippen LogP contribution >= 0.6 is 0 Å². The highest BCUT2D eigenvalue weighted by Crippen LogP contribution is 2.41. The molecule has 2 aliphatic heterocycles. The molecular weight excluding hydrogens is 218 g/mol. The Morgan fingerprint density at radius 3 is 2.88 bits per heavy atom. The topological polar surface area (TPSA) is 27.7 Å². The zero-order valence-electron chi connectivity index (χ0n) is 10.1. The Morgan fingerprint density at radius 1 is 1.24 bits per heavy atom. The van der Waals surface area contributed by atoms with Gasteiger partial charge in [0.1, 0.15) is 0 Å². The molecule has 3 rings (SSSR count). The van der Waals surface area contributed by atoms with Crippen LogP contribution in [0.1, 0.15) is 25.3 Å². The summed E-state index contributed by atoms with van der Waals surface area (Å²) in [7, 11) is 0. The summed E-state index contributed by atoms with van der Waals surface area (Å²) in [4.78, 5) is 0. The number of hydrogen-bond donors (Lipinski definition) is 0. The van der Waals surface area contributed by atoms with Gasteiger partial charge in [0.05, 0.1) is 18.8 Å². The number of rotatable bonds is 3. The van der Waals surface area contributed by atoms with Crippen molar-refractivity contribution in [3.63, 3.8) is 0 Å². The van der Waals surface area contributed by atoms with E-state index in [1.165, 1.54) is 5.56 Å². The van der Waals surface area contributed by atoms with Gasteiger partial charge < -0.3 is 14.2 Å². The summed E-state index contributed by atoms with van der Waals surface area (Å²) in [6.45, 7) is 3.47. The molecule has 0 aliphatic carbocycles. The molecule has 2 bridgehead atoms. The van der Waals surface area contributed by atoms with Crippen LogP contribution in [0.25, 0.3) is 0 Å². The van der Waals surface area contributed by atoms with Crippen LogP contribution in [0.3, 0.4) is 0 Å². The Labute approximate surface area is 102 Å². The Balaban J connectivity index is 1.66. The zero-order chi connectivity index (χ0) is 11.8. The third kappa shape index (κ3) is 2.23. The molecule has 0 saturated carbocycles. The van der Waals surface area contributed by atoms with Crippen LogP contribution in [0, 0.1) is 0 Å². The first-order valence-corrected chi connectivity index (χ1v) is 6.22. The lowest BCUT2D eigenvalue weighted by atomic mass is 10.1. The molecule has 2 saturated heterocycles. The Kier molecular flexibility index (Phi) is 2.69. The third-order valence-corrected chi connectivity index (χ3v) is 3.51. The smallest absolute Gasteiger partial charge is 0.283 e. The molecule has 3 nitrogen and oxygen atoms in total. The maximum atomic E-state index is 5.95. The lowest BCUT2D eigenvalue weighted by Crippen LogP contribution is -2.43. The monoisotopic (exact) mass is 236 g/mol. The van der Waals surface area contributed by atoms with E-state index >= 15 is 0 Å². The van der Waals surface area contributed by atoms with Crippen molar-refractivity contribution < 1.29 is 14.2 Å². The molecule has 0 N–H and O–H groups in total. The highest BCUT2D eigenvalue weighted by atomic mass is 18.4. The summed E-state index contributed by atoms with van der Waals surface area (Å²) in [5.41, 5.74) is 1.14. The van der Waals surface area contributed by atoms with Crippen molar-refractivity contribution in [2.75, 3.05) is 13.2 Å². The van der Waals surface area contributed by atoms with Gasteiger partial charge in [-0.25, -0.2) is 0 Å². The van der Waals surface area contributed by atoms with E-state index in [0.29, 0.717) is 6.61 Å². The maximum Gasteiger partial charge on any atom is 0.283 e. The Morgan fingerprint density at radius 2 is 2.06 bits per heavy atom. The van der Waals surface area contributed by atoms with Crippen LogP contribution in [0.5, 0.6) is 0 Å². The molecule has 2 aliphatic rings. The van der Waals surface area contributed by atoms with Crippen molar-refractivity contribution in [2.45, 2.75) is 37.8 Å². The van der Waals surface area contributed by atoms with E-state index in [0.717, 1.165) is 25.9 Å². The summed E-state index contributed by atoms with van der Waals surface area (Å²) in [5.74, 6) is -0.789. The molecule has 2 fully saturated rings. The van der Waals surface area contributed by atoms with Crippen molar-refractivity contribution in [1.29, 1.82) is 0 Å². The zero-order valence-corrected chi connectivity index (χ0v) is 10.1. The standard InChI is InChI=1S/C14H18O3/c1-13-9-10-15-14(17-13,16-11-13)8-7-12-5-3-2-4-6-12/h2-6H,7-11H2,1H3/t13-,14+/m0/s1/i17+2. The molecule has 0 aromatic heterocycles. The van der Waals surface area contributed by atoms with Gasteiger partial charge in [0, 0.05) is 12.8 Å². The SMILES string of the molecule is C[C@]12CCO[C@](CCc3ccccc3)(OC1)[18O]2. The summed E-state index contributed by atoms with van der Waals surface area (Å²) < 4.78 is 17.4. The van der Waals surface area contributed by atoms with Gasteiger partial charge in [0.15, 0.2) is 0 Å². The van der Waals surface area contributed by atoms with E-state index in [1.54, 1.807) is 0 Å². The van der Waals surface area contributed by atoms with Crippen molar-refractivity contribution in [2.24, 2.45) is 0 Å². The van der Waals surface area contributed by atoms with Crippen molar-refractivity contribution in [3.8, 4) is 0 Å². The first-order valence-electron chi connectivity index (χ1n) is 6.22. The number of hydrogen-bond acceptors (Lipinski definition) is 3. The molecule has 3 heteroatoms. The fraction of sp³-hybridized carbons (Fsp3) is 0.571. The molecule has 0 spiro atoms. The lowest BCUT2D eigenvalue weighted by Gasteiger charge is -2.35. The van der Waals surface area contributed by atoms with Crippen LogP contribution in [0.2, 0.25) is 0 Å². The minimum atomic E-state index is -0.789. The van der Waals surface area contributed by atoms with Gasteiger partial charge in [-0.05, 0) is 18.9 Å². The summed E-state index contributed by atoms with van der Waals surface area (Å²) in [6, 6.07) is 10.4. The first-order chi connectivity index (χ1) is 8.20. The van der Waals surface area contributed by atoms with Crippen LogP contribution < -0.4 is 0 Å². The second-order valence-electron chi connectivity index (χ2n) is 5.11. The molecule has 92 valence electrons. The second kappa shape index (κ2) is 4.09. The van der Waals surface area contributed by atoms with E-state index in [-0.39, 0.29) is 5.60 Å². The molecule has 0 amide bonds. The second-order valence-corrected chi connectivity index (χ2v) is 5.11. The normalized spacial score (nSPS) is 36.1. The van der Waals surface area contributed by atoms with Gasteiger partial charge >= 0.3 is 0 Å². The van der Waals surface area contributed by atoms with Gasteiger partial charge in [0.2, 0.25) is 0 Å². The van der Waals surface area contributed by atoms with Gasteiger partial charge in [0.25, 0.3) is 5.97 Å². The van der Waals surface area contributed by atoms with Crippen LogP contribution in [0.4, 0.5) is 0 Å². The van der Waals surface area contributed by atoms with E-state index < -0.39 is 5.97 Å². The number of aryl methyl sites for hydroxylation is 1. The summed E-state index contributed by atoms with van der Waals surface area (Å²) in [5, 5.41) is 0. The number of fused-ring (bicyclic) bond motifs is 2. The van der Waals surface area contributed by atoms with Crippen molar-refractivity contribution in [3.05, 3.63) is 35.9 Å². The highest BCUT2D eigenvalue weighted by molar-refractivity contribution is 5.14. The molecule has 0 radical (unpaired) electrons. The average Bonchev–Trinajstić information content (AvgIpc) is 2.59. The van der Waals surface area contributed by atoms with Gasteiger partial charge in [-0.3, -0.25) is 0 Å². The minimum Gasteiger partial charge on any atom is -0.327 e. The molecule has 2 heterocycles. The molecule has 0 unspecified atom stereocenters. The fourth-order valence-corrected chi connectivity index (χ4v) is 2.45. The Bertz CT molecular complexity index is 392. The predicted octanol–water partition coefficient (Wildman–Crippen LogP) is 2.50. The lowest BCUT2D eigenvalue weighted by molar-refractivity contribution is -0.368. The summed E-state index contributed by atoms with van der Waals surface area (Å²) >= 11 is 0.